The lowest BCUT2D eigenvalue weighted by atomic mass is 10.1. The molecule has 0 aliphatic carbocycles. The second-order valence-electron chi connectivity index (χ2n) is 4.81. The third-order valence-corrected chi connectivity index (χ3v) is 4.34. The molecule has 90 valence electrons. The molecule has 0 amide bonds. The first-order valence-corrected chi connectivity index (χ1v) is 7.03. The minimum Gasteiger partial charge on any atom is -0.311 e. The summed E-state index contributed by atoms with van der Waals surface area (Å²) in [6.07, 6.45) is 1.24. The molecule has 1 aromatic heterocycles. The Balaban J connectivity index is 2.00. The van der Waals surface area contributed by atoms with Crippen molar-refractivity contribution in [3.63, 3.8) is 0 Å². The van der Waals surface area contributed by atoms with Gasteiger partial charge in [-0.15, -0.1) is 11.3 Å². The molecule has 1 N–H and O–H groups in total. The number of piperazine rings is 1. The average Bonchev–Trinajstić information content (AvgIpc) is 2.64. The first-order chi connectivity index (χ1) is 7.69. The molecule has 0 spiro atoms. The summed E-state index contributed by atoms with van der Waals surface area (Å²) < 4.78 is 0. The van der Waals surface area contributed by atoms with Crippen molar-refractivity contribution in [1.82, 2.24) is 10.2 Å². The van der Waals surface area contributed by atoms with E-state index in [1.807, 2.05) is 11.3 Å². The highest BCUT2D eigenvalue weighted by atomic mass is 32.1. The van der Waals surface area contributed by atoms with Crippen LogP contribution in [0.15, 0.2) is 12.1 Å². The van der Waals surface area contributed by atoms with E-state index in [1.165, 1.54) is 22.7 Å². The largest absolute Gasteiger partial charge is 0.311 e. The van der Waals surface area contributed by atoms with Gasteiger partial charge in [0, 0.05) is 41.5 Å². The molecule has 0 saturated carbocycles. The predicted molar refractivity (Wildman–Crippen MR) is 71.0 cm³/mol. The third-order valence-electron chi connectivity index (χ3n) is 3.35. The zero-order valence-electron chi connectivity index (χ0n) is 10.5. The molecule has 1 aromatic rings. The van der Waals surface area contributed by atoms with Crippen LogP contribution in [0.5, 0.6) is 0 Å². The van der Waals surface area contributed by atoms with E-state index in [-0.39, 0.29) is 0 Å². The Bertz CT molecular complexity index is 334. The van der Waals surface area contributed by atoms with Gasteiger partial charge in [0.05, 0.1) is 0 Å². The highest BCUT2D eigenvalue weighted by Gasteiger charge is 2.24. The fourth-order valence-electron chi connectivity index (χ4n) is 2.40. The molecule has 2 unspecified atom stereocenters. The lowest BCUT2D eigenvalue weighted by molar-refractivity contribution is 0.125. The summed E-state index contributed by atoms with van der Waals surface area (Å²) in [4.78, 5) is 5.56. The monoisotopic (exact) mass is 238 g/mol. The molecule has 16 heavy (non-hydrogen) atoms. The number of hydrogen-bond donors (Lipinski definition) is 1. The normalized spacial score (nSPS) is 27.2. The van der Waals surface area contributed by atoms with Crippen LogP contribution in [0.2, 0.25) is 0 Å². The Morgan fingerprint density at radius 1 is 1.50 bits per heavy atom. The molecule has 1 aliphatic heterocycles. The van der Waals surface area contributed by atoms with Gasteiger partial charge in [-0.1, -0.05) is 6.92 Å². The summed E-state index contributed by atoms with van der Waals surface area (Å²) in [5.74, 6) is 0. The fourth-order valence-corrected chi connectivity index (χ4v) is 3.31. The number of aryl methyl sites for hydroxylation is 1. The van der Waals surface area contributed by atoms with Crippen molar-refractivity contribution in [2.24, 2.45) is 0 Å². The highest BCUT2D eigenvalue weighted by molar-refractivity contribution is 7.11. The maximum absolute atomic E-state index is 3.57. The van der Waals surface area contributed by atoms with E-state index in [4.69, 9.17) is 0 Å². The second kappa shape index (κ2) is 5.30. The molecule has 0 radical (unpaired) electrons. The van der Waals surface area contributed by atoms with E-state index in [2.05, 4.69) is 43.1 Å². The Kier molecular flexibility index (Phi) is 4.00. The van der Waals surface area contributed by atoms with Crippen molar-refractivity contribution in [3.8, 4) is 0 Å². The van der Waals surface area contributed by atoms with E-state index >= 15 is 0 Å². The van der Waals surface area contributed by atoms with E-state index in [1.54, 1.807) is 0 Å². The van der Waals surface area contributed by atoms with Gasteiger partial charge >= 0.3 is 0 Å². The molecular weight excluding hydrogens is 216 g/mol. The van der Waals surface area contributed by atoms with Crippen LogP contribution in [0.1, 0.15) is 30.0 Å². The Hall–Kier alpha value is -0.380. The zero-order valence-corrected chi connectivity index (χ0v) is 11.3. The molecule has 1 fully saturated rings. The number of rotatable bonds is 3. The Morgan fingerprint density at radius 2 is 2.31 bits per heavy atom. The van der Waals surface area contributed by atoms with Crippen LogP contribution in [-0.2, 0) is 6.54 Å². The average molecular weight is 238 g/mol. The standard InChI is InChI=1S/C13H22N2S/c1-4-12-7-14-10(2)8-15(12)9-13-6-5-11(3)16-13/h5-6,10,12,14H,4,7-9H2,1-3H3. The van der Waals surface area contributed by atoms with Gasteiger partial charge in [0.2, 0.25) is 0 Å². The summed E-state index contributed by atoms with van der Waals surface area (Å²) in [6, 6.07) is 5.84. The zero-order chi connectivity index (χ0) is 11.5. The molecule has 3 heteroatoms. The summed E-state index contributed by atoms with van der Waals surface area (Å²) in [5, 5.41) is 3.57. The molecular formula is C13H22N2S. The van der Waals surface area contributed by atoms with Crippen LogP contribution >= 0.6 is 11.3 Å². The van der Waals surface area contributed by atoms with Crippen molar-refractivity contribution < 1.29 is 0 Å². The van der Waals surface area contributed by atoms with Gasteiger partial charge < -0.3 is 5.32 Å². The summed E-state index contributed by atoms with van der Waals surface area (Å²) in [5.41, 5.74) is 0. The van der Waals surface area contributed by atoms with Crippen molar-refractivity contribution >= 4 is 11.3 Å². The molecule has 0 bridgehead atoms. The molecule has 2 heterocycles. The lowest BCUT2D eigenvalue weighted by Crippen LogP contribution is -2.54. The van der Waals surface area contributed by atoms with Crippen molar-refractivity contribution in [2.75, 3.05) is 13.1 Å². The maximum Gasteiger partial charge on any atom is 0.0332 e. The summed E-state index contributed by atoms with van der Waals surface area (Å²) in [6.45, 7) is 10.2. The Morgan fingerprint density at radius 3 is 2.94 bits per heavy atom. The maximum atomic E-state index is 3.57. The highest BCUT2D eigenvalue weighted by Crippen LogP contribution is 2.20. The van der Waals surface area contributed by atoms with E-state index in [9.17, 15) is 0 Å². The first-order valence-electron chi connectivity index (χ1n) is 6.21. The molecule has 2 rings (SSSR count). The number of hydrogen-bond acceptors (Lipinski definition) is 3. The minimum absolute atomic E-state index is 0.629. The van der Waals surface area contributed by atoms with Gasteiger partial charge in [0.25, 0.3) is 0 Å². The molecule has 2 nitrogen and oxygen atoms in total. The van der Waals surface area contributed by atoms with Crippen molar-refractivity contribution in [2.45, 2.75) is 45.8 Å². The van der Waals surface area contributed by atoms with E-state index < -0.39 is 0 Å². The van der Waals surface area contributed by atoms with Crippen molar-refractivity contribution in [3.05, 3.63) is 21.9 Å². The molecule has 0 aromatic carbocycles. The topological polar surface area (TPSA) is 15.3 Å². The summed E-state index contributed by atoms with van der Waals surface area (Å²) >= 11 is 1.93. The van der Waals surface area contributed by atoms with Gasteiger partial charge in [-0.3, -0.25) is 4.90 Å². The van der Waals surface area contributed by atoms with Crippen LogP contribution < -0.4 is 5.32 Å². The van der Waals surface area contributed by atoms with Crippen LogP contribution in [-0.4, -0.2) is 30.1 Å². The first kappa shape index (κ1) is 12.1. The van der Waals surface area contributed by atoms with Crippen LogP contribution in [0.3, 0.4) is 0 Å². The van der Waals surface area contributed by atoms with Crippen LogP contribution in [0.4, 0.5) is 0 Å². The van der Waals surface area contributed by atoms with Gasteiger partial charge in [0.1, 0.15) is 0 Å². The molecule has 2 atom stereocenters. The van der Waals surface area contributed by atoms with Gasteiger partial charge in [0.15, 0.2) is 0 Å². The second-order valence-corrected chi connectivity index (χ2v) is 6.19. The summed E-state index contributed by atoms with van der Waals surface area (Å²) in [7, 11) is 0. The van der Waals surface area contributed by atoms with Crippen LogP contribution in [0, 0.1) is 6.92 Å². The van der Waals surface area contributed by atoms with E-state index in [0.29, 0.717) is 12.1 Å². The third kappa shape index (κ3) is 2.84. The number of thiophene rings is 1. The molecule has 1 saturated heterocycles. The predicted octanol–water partition coefficient (Wildman–Crippen LogP) is 2.63. The minimum atomic E-state index is 0.629. The Labute approximate surface area is 103 Å². The lowest BCUT2D eigenvalue weighted by Gasteiger charge is -2.38. The number of nitrogens with one attached hydrogen (secondary N) is 1. The van der Waals surface area contributed by atoms with E-state index in [0.717, 1.165) is 13.1 Å². The number of nitrogens with zero attached hydrogens (tertiary/aromatic N) is 1. The smallest absolute Gasteiger partial charge is 0.0332 e. The van der Waals surface area contributed by atoms with Crippen molar-refractivity contribution in [1.29, 1.82) is 0 Å². The SMILES string of the molecule is CCC1CNC(C)CN1Cc1ccc(C)s1. The fraction of sp³-hybridized carbons (Fsp3) is 0.692. The van der Waals surface area contributed by atoms with Gasteiger partial charge in [-0.05, 0) is 32.4 Å². The van der Waals surface area contributed by atoms with Gasteiger partial charge in [-0.25, -0.2) is 0 Å². The quantitative estimate of drug-likeness (QED) is 0.871. The van der Waals surface area contributed by atoms with Crippen LogP contribution in [0.25, 0.3) is 0 Å². The van der Waals surface area contributed by atoms with Gasteiger partial charge in [-0.2, -0.15) is 0 Å². The molecule has 1 aliphatic rings.